The topological polar surface area (TPSA) is 88.4 Å². The molecule has 0 radical (unpaired) electrons. The van der Waals surface area contributed by atoms with Crippen molar-refractivity contribution in [3.63, 3.8) is 0 Å². The maximum absolute atomic E-state index is 12.7. The van der Waals surface area contributed by atoms with E-state index in [1.807, 2.05) is 0 Å². The van der Waals surface area contributed by atoms with Crippen molar-refractivity contribution in [1.29, 1.82) is 0 Å². The van der Waals surface area contributed by atoms with Gasteiger partial charge in [-0.3, -0.25) is 0 Å². The normalized spacial score (nSPS) is 29.3. The lowest BCUT2D eigenvalue weighted by atomic mass is 9.86. The van der Waals surface area contributed by atoms with Gasteiger partial charge in [-0.15, -0.1) is 0 Å². The zero-order valence-corrected chi connectivity index (χ0v) is 15.9. The van der Waals surface area contributed by atoms with Crippen molar-refractivity contribution in [2.45, 2.75) is 56.5 Å². The molecule has 0 aromatic heterocycles. The molecule has 2 fully saturated rings. The molecular weight excluding hydrogens is 393 g/mol. The van der Waals surface area contributed by atoms with Crippen LogP contribution in [0.2, 0.25) is 0 Å². The summed E-state index contributed by atoms with van der Waals surface area (Å²) in [5, 5.41) is 30.7. The van der Waals surface area contributed by atoms with E-state index in [0.717, 1.165) is 12.1 Å². The molecule has 1 aromatic carbocycles. The third-order valence-corrected chi connectivity index (χ3v) is 5.61. The fourth-order valence-corrected chi connectivity index (χ4v) is 4.09. The number of rotatable bonds is 8. The van der Waals surface area contributed by atoms with Gasteiger partial charge in [0.2, 0.25) is 0 Å². The van der Waals surface area contributed by atoms with E-state index in [-0.39, 0.29) is 37.0 Å². The summed E-state index contributed by atoms with van der Waals surface area (Å²) in [4.78, 5) is 0. The van der Waals surface area contributed by atoms with Gasteiger partial charge in [0.25, 0.3) is 0 Å². The van der Waals surface area contributed by atoms with Crippen LogP contribution in [0.1, 0.15) is 31.2 Å². The highest BCUT2D eigenvalue weighted by Crippen LogP contribution is 2.39. The molecule has 1 saturated carbocycles. The van der Waals surface area contributed by atoms with Gasteiger partial charge in [0.15, 0.2) is 6.29 Å². The molecular formula is C20H27F3O6. The maximum atomic E-state index is 12.7. The van der Waals surface area contributed by atoms with Gasteiger partial charge in [0, 0.05) is 6.42 Å². The fourth-order valence-electron chi connectivity index (χ4n) is 4.09. The summed E-state index contributed by atoms with van der Waals surface area (Å²) >= 11 is 0. The summed E-state index contributed by atoms with van der Waals surface area (Å²) in [7, 11) is 0. The third-order valence-electron chi connectivity index (χ3n) is 5.61. The Bertz CT molecular complexity index is 649. The average Bonchev–Trinajstić information content (AvgIpc) is 3.27. The number of halogens is 3. The number of alkyl halides is 3. The lowest BCUT2D eigenvalue weighted by Crippen LogP contribution is -2.28. The zero-order valence-electron chi connectivity index (χ0n) is 15.9. The second-order valence-electron chi connectivity index (χ2n) is 7.67. The van der Waals surface area contributed by atoms with Crippen molar-refractivity contribution in [2.24, 2.45) is 11.8 Å². The van der Waals surface area contributed by atoms with Crippen LogP contribution in [-0.4, -0.2) is 59.7 Å². The van der Waals surface area contributed by atoms with Crippen LogP contribution < -0.4 is 4.74 Å². The van der Waals surface area contributed by atoms with Crippen molar-refractivity contribution in [1.82, 2.24) is 0 Å². The first-order valence-electron chi connectivity index (χ1n) is 9.81. The molecule has 0 amide bonds. The second kappa shape index (κ2) is 9.61. The van der Waals surface area contributed by atoms with E-state index in [2.05, 4.69) is 0 Å². The molecule has 1 aromatic rings. The van der Waals surface area contributed by atoms with Gasteiger partial charge in [-0.25, -0.2) is 0 Å². The molecule has 0 spiro atoms. The number of hydrogen-bond acceptors (Lipinski definition) is 6. The summed E-state index contributed by atoms with van der Waals surface area (Å²) in [6.07, 6.45) is -5.64. The fraction of sp³-hybridized carbons (Fsp3) is 0.700. The SMILES string of the molecule is OC1C[C@@H](O)[C@H](CC2OCCO2)[C@H]1CC[C@@H](O)COc1cccc(C(F)(F)F)c1. The molecule has 3 rings (SSSR count). The lowest BCUT2D eigenvalue weighted by molar-refractivity contribution is -0.137. The van der Waals surface area contributed by atoms with E-state index in [9.17, 15) is 28.5 Å². The number of aliphatic hydroxyl groups excluding tert-OH is 3. The van der Waals surface area contributed by atoms with E-state index in [1.165, 1.54) is 12.1 Å². The van der Waals surface area contributed by atoms with E-state index in [1.54, 1.807) is 0 Å². The number of hydrogen-bond donors (Lipinski definition) is 3. The van der Waals surface area contributed by atoms with Gasteiger partial charge in [-0.1, -0.05) is 6.07 Å². The number of ether oxygens (including phenoxy) is 3. The van der Waals surface area contributed by atoms with Gasteiger partial charge < -0.3 is 29.5 Å². The van der Waals surface area contributed by atoms with E-state index in [4.69, 9.17) is 14.2 Å². The first kappa shape index (κ1) is 22.3. The van der Waals surface area contributed by atoms with Gasteiger partial charge in [-0.05, 0) is 49.3 Å². The van der Waals surface area contributed by atoms with Crippen LogP contribution in [0.25, 0.3) is 0 Å². The molecule has 29 heavy (non-hydrogen) atoms. The number of aliphatic hydroxyl groups is 3. The monoisotopic (exact) mass is 420 g/mol. The van der Waals surface area contributed by atoms with Crippen molar-refractivity contribution in [2.75, 3.05) is 19.8 Å². The van der Waals surface area contributed by atoms with Crippen LogP contribution in [0.4, 0.5) is 13.2 Å². The second-order valence-corrected chi connectivity index (χ2v) is 7.67. The Kier molecular flexibility index (Phi) is 7.39. The molecule has 1 aliphatic heterocycles. The van der Waals surface area contributed by atoms with Crippen molar-refractivity contribution in [3.05, 3.63) is 29.8 Å². The Balaban J connectivity index is 1.48. The lowest BCUT2D eigenvalue weighted by Gasteiger charge is -2.26. The summed E-state index contributed by atoms with van der Waals surface area (Å²) in [6, 6.07) is 4.49. The molecule has 1 aliphatic carbocycles. The van der Waals surface area contributed by atoms with Crippen LogP contribution in [0.15, 0.2) is 24.3 Å². The predicted octanol–water partition coefficient (Wildman–Crippen LogP) is 2.35. The Hall–Kier alpha value is -1.39. The van der Waals surface area contributed by atoms with Crippen LogP contribution in [-0.2, 0) is 15.7 Å². The quantitative estimate of drug-likeness (QED) is 0.599. The van der Waals surface area contributed by atoms with Crippen molar-refractivity contribution in [3.8, 4) is 5.75 Å². The maximum Gasteiger partial charge on any atom is 0.416 e. The Morgan fingerprint density at radius 3 is 2.48 bits per heavy atom. The molecule has 2 aliphatic rings. The van der Waals surface area contributed by atoms with Crippen LogP contribution >= 0.6 is 0 Å². The smallest absolute Gasteiger partial charge is 0.416 e. The first-order valence-corrected chi connectivity index (χ1v) is 9.81. The van der Waals surface area contributed by atoms with Gasteiger partial charge in [0.1, 0.15) is 12.4 Å². The van der Waals surface area contributed by atoms with Gasteiger partial charge >= 0.3 is 6.18 Å². The highest BCUT2D eigenvalue weighted by atomic mass is 19.4. The highest BCUT2D eigenvalue weighted by Gasteiger charge is 2.43. The summed E-state index contributed by atoms with van der Waals surface area (Å²) in [5.41, 5.74) is -0.813. The van der Waals surface area contributed by atoms with Gasteiger partial charge in [-0.2, -0.15) is 13.2 Å². The largest absolute Gasteiger partial charge is 0.491 e. The standard InChI is InChI=1S/C20H27F3O6/c21-20(22,23)12-2-1-3-14(8-12)29-11-13(24)4-5-15-16(18(26)10-17(15)25)9-19-27-6-7-28-19/h1-3,8,13,15-19,24-26H,4-7,9-11H2/t13-,15-,16-,17?,18-/m1/s1. The molecule has 164 valence electrons. The van der Waals surface area contributed by atoms with Crippen LogP contribution in [0.3, 0.4) is 0 Å². The van der Waals surface area contributed by atoms with E-state index >= 15 is 0 Å². The molecule has 9 heteroatoms. The molecule has 3 N–H and O–H groups in total. The summed E-state index contributed by atoms with van der Waals surface area (Å²) in [6.45, 7) is 0.852. The highest BCUT2D eigenvalue weighted by molar-refractivity contribution is 5.30. The molecule has 6 nitrogen and oxygen atoms in total. The predicted molar refractivity (Wildman–Crippen MR) is 96.1 cm³/mol. The van der Waals surface area contributed by atoms with Crippen molar-refractivity contribution < 1.29 is 42.7 Å². The average molecular weight is 420 g/mol. The Morgan fingerprint density at radius 1 is 1.10 bits per heavy atom. The molecule has 5 atom stereocenters. The van der Waals surface area contributed by atoms with E-state index < -0.39 is 36.3 Å². The Morgan fingerprint density at radius 2 is 1.79 bits per heavy atom. The third kappa shape index (κ3) is 6.05. The van der Waals surface area contributed by atoms with Crippen molar-refractivity contribution >= 4 is 0 Å². The minimum atomic E-state index is -4.46. The minimum Gasteiger partial charge on any atom is -0.491 e. The molecule has 1 unspecified atom stereocenters. The Labute approximate surface area is 167 Å². The first-order chi connectivity index (χ1) is 13.7. The molecule has 1 saturated heterocycles. The zero-order chi connectivity index (χ0) is 21.0. The minimum absolute atomic E-state index is 0.0311. The summed E-state index contributed by atoms with van der Waals surface area (Å²) < 4.78 is 54.4. The van der Waals surface area contributed by atoms with E-state index in [0.29, 0.717) is 26.1 Å². The van der Waals surface area contributed by atoms with Gasteiger partial charge in [0.05, 0.1) is 37.1 Å². The molecule has 1 heterocycles. The van der Waals surface area contributed by atoms with Crippen LogP contribution in [0.5, 0.6) is 5.75 Å². The summed E-state index contributed by atoms with van der Waals surface area (Å²) in [5.74, 6) is -0.394. The number of benzene rings is 1. The van der Waals surface area contributed by atoms with Crippen LogP contribution in [0, 0.1) is 11.8 Å². The molecule has 0 bridgehead atoms.